The lowest BCUT2D eigenvalue weighted by Crippen LogP contribution is -2.33. The number of amides is 1. The molecule has 6 nitrogen and oxygen atoms in total. The number of rotatable bonds is 7. The van der Waals surface area contributed by atoms with E-state index in [2.05, 4.69) is 5.32 Å². The molecule has 2 rings (SSSR count). The molecule has 0 atom stereocenters. The maximum absolute atomic E-state index is 12.2. The number of carbonyl (C=O) groups excluding carboxylic acids is 1. The van der Waals surface area contributed by atoms with Crippen molar-refractivity contribution in [1.82, 2.24) is 0 Å². The molecule has 0 spiro atoms. The van der Waals surface area contributed by atoms with Crippen LogP contribution in [-0.2, 0) is 14.8 Å². The van der Waals surface area contributed by atoms with Crippen molar-refractivity contribution in [1.29, 1.82) is 0 Å². The van der Waals surface area contributed by atoms with Gasteiger partial charge in [0.2, 0.25) is 15.9 Å². The molecule has 2 aromatic rings. The number of halogens is 1. The molecule has 2 aromatic carbocycles. The lowest BCUT2D eigenvalue weighted by atomic mass is 10.2. The van der Waals surface area contributed by atoms with Gasteiger partial charge >= 0.3 is 0 Å². The molecule has 0 saturated carbocycles. The molecule has 25 heavy (non-hydrogen) atoms. The first-order valence-corrected chi connectivity index (χ1v) is 9.70. The Morgan fingerprint density at radius 2 is 1.88 bits per heavy atom. The zero-order chi connectivity index (χ0) is 18.4. The summed E-state index contributed by atoms with van der Waals surface area (Å²) in [5.41, 5.74) is 0.948. The Labute approximate surface area is 152 Å². The average Bonchev–Trinajstić information content (AvgIpc) is 2.55. The Bertz CT molecular complexity index is 841. The van der Waals surface area contributed by atoms with E-state index in [1.165, 1.54) is 13.2 Å². The monoisotopic (exact) mass is 382 g/mol. The molecule has 8 heteroatoms. The minimum absolute atomic E-state index is 0.0162. The molecule has 0 aliphatic rings. The topological polar surface area (TPSA) is 75.7 Å². The zero-order valence-corrected chi connectivity index (χ0v) is 15.5. The number of para-hydroxylation sites is 1. The fourth-order valence-corrected chi connectivity index (χ4v) is 3.36. The first-order valence-electron chi connectivity index (χ1n) is 7.47. The highest BCUT2D eigenvalue weighted by molar-refractivity contribution is 7.92. The SMILES string of the molecule is COc1ccc(Cl)cc1N(CCC(=O)Nc1ccccc1)S(C)(=O)=O. The molecule has 0 aromatic heterocycles. The number of hydrogen-bond acceptors (Lipinski definition) is 4. The van der Waals surface area contributed by atoms with Crippen molar-refractivity contribution in [2.24, 2.45) is 0 Å². The van der Waals surface area contributed by atoms with E-state index >= 15 is 0 Å². The molecule has 1 amide bonds. The molecule has 0 aliphatic heterocycles. The smallest absolute Gasteiger partial charge is 0.232 e. The predicted molar refractivity (Wildman–Crippen MR) is 99.9 cm³/mol. The fraction of sp³-hybridized carbons (Fsp3) is 0.235. The number of methoxy groups -OCH3 is 1. The van der Waals surface area contributed by atoms with Crippen LogP contribution in [0.3, 0.4) is 0 Å². The molecular formula is C17H19ClN2O4S. The standard InChI is InChI=1S/C17H19ClN2O4S/c1-24-16-9-8-13(18)12-15(16)20(25(2,22)23)11-10-17(21)19-14-6-4-3-5-7-14/h3-9,12H,10-11H2,1-2H3,(H,19,21). The van der Waals surface area contributed by atoms with Gasteiger partial charge < -0.3 is 10.1 Å². The summed E-state index contributed by atoms with van der Waals surface area (Å²) >= 11 is 5.98. The van der Waals surface area contributed by atoms with E-state index in [-0.39, 0.29) is 18.9 Å². The Hall–Kier alpha value is -2.25. The minimum atomic E-state index is -3.62. The van der Waals surface area contributed by atoms with Gasteiger partial charge in [-0.25, -0.2) is 8.42 Å². The molecular weight excluding hydrogens is 364 g/mol. The van der Waals surface area contributed by atoms with Crippen molar-refractivity contribution >= 4 is 38.9 Å². The van der Waals surface area contributed by atoms with Crippen LogP contribution in [0.5, 0.6) is 5.75 Å². The Balaban J connectivity index is 2.17. The third kappa shape index (κ3) is 5.37. The van der Waals surface area contributed by atoms with Crippen molar-refractivity contribution in [2.75, 3.05) is 29.5 Å². The highest BCUT2D eigenvalue weighted by Crippen LogP contribution is 2.32. The van der Waals surface area contributed by atoms with Gasteiger partial charge in [-0.1, -0.05) is 29.8 Å². The minimum Gasteiger partial charge on any atom is -0.495 e. The third-order valence-corrected chi connectivity index (χ3v) is 4.82. The summed E-state index contributed by atoms with van der Waals surface area (Å²) < 4.78 is 30.7. The summed E-state index contributed by atoms with van der Waals surface area (Å²) in [5.74, 6) is 0.0686. The van der Waals surface area contributed by atoms with Gasteiger partial charge in [-0.05, 0) is 30.3 Å². The average molecular weight is 383 g/mol. The van der Waals surface area contributed by atoms with E-state index < -0.39 is 10.0 Å². The van der Waals surface area contributed by atoms with Crippen molar-refractivity contribution in [3.63, 3.8) is 0 Å². The number of benzene rings is 2. The molecule has 0 aliphatic carbocycles. The zero-order valence-electron chi connectivity index (χ0n) is 13.9. The Morgan fingerprint density at radius 1 is 1.20 bits per heavy atom. The molecule has 0 radical (unpaired) electrons. The van der Waals surface area contributed by atoms with Crippen LogP contribution in [0.4, 0.5) is 11.4 Å². The number of hydrogen-bond donors (Lipinski definition) is 1. The predicted octanol–water partition coefficient (Wildman–Crippen LogP) is 3.14. The second kappa shape index (κ2) is 8.22. The molecule has 1 N–H and O–H groups in total. The number of sulfonamides is 1. The highest BCUT2D eigenvalue weighted by atomic mass is 35.5. The van der Waals surface area contributed by atoms with Crippen LogP contribution in [0.2, 0.25) is 5.02 Å². The largest absolute Gasteiger partial charge is 0.495 e. The van der Waals surface area contributed by atoms with Gasteiger partial charge in [-0.2, -0.15) is 0 Å². The van der Waals surface area contributed by atoms with Gasteiger partial charge in [-0.3, -0.25) is 9.10 Å². The number of ether oxygens (including phenoxy) is 1. The second-order valence-electron chi connectivity index (χ2n) is 5.32. The summed E-state index contributed by atoms with van der Waals surface area (Å²) in [4.78, 5) is 12.1. The van der Waals surface area contributed by atoms with E-state index in [0.29, 0.717) is 22.1 Å². The summed E-state index contributed by atoms with van der Waals surface area (Å²) in [5, 5.41) is 3.10. The lowest BCUT2D eigenvalue weighted by Gasteiger charge is -2.24. The quantitative estimate of drug-likeness (QED) is 0.798. The Kier molecular flexibility index (Phi) is 6.27. The summed E-state index contributed by atoms with van der Waals surface area (Å²) in [6.07, 6.45) is 1.06. The van der Waals surface area contributed by atoms with Crippen LogP contribution < -0.4 is 14.4 Å². The number of nitrogens with zero attached hydrogens (tertiary/aromatic N) is 1. The normalized spacial score (nSPS) is 11.0. The Morgan fingerprint density at radius 3 is 2.48 bits per heavy atom. The van der Waals surface area contributed by atoms with Crippen molar-refractivity contribution in [2.45, 2.75) is 6.42 Å². The van der Waals surface area contributed by atoms with Gasteiger partial charge in [0.25, 0.3) is 0 Å². The summed E-state index contributed by atoms with van der Waals surface area (Å²) in [6, 6.07) is 13.6. The maximum Gasteiger partial charge on any atom is 0.232 e. The first-order chi connectivity index (χ1) is 11.8. The van der Waals surface area contributed by atoms with Gasteiger partial charge in [0.15, 0.2) is 0 Å². The molecule has 134 valence electrons. The summed E-state index contributed by atoms with van der Waals surface area (Å²) in [6.45, 7) is -0.0335. The van der Waals surface area contributed by atoms with Crippen LogP contribution in [0, 0.1) is 0 Å². The summed E-state index contributed by atoms with van der Waals surface area (Å²) in [7, 11) is -2.18. The van der Waals surface area contributed by atoms with E-state index in [4.69, 9.17) is 16.3 Å². The number of nitrogens with one attached hydrogen (secondary N) is 1. The maximum atomic E-state index is 12.2. The van der Waals surface area contributed by atoms with Crippen LogP contribution >= 0.6 is 11.6 Å². The van der Waals surface area contributed by atoms with E-state index in [1.54, 1.807) is 36.4 Å². The molecule has 0 saturated heterocycles. The third-order valence-electron chi connectivity index (χ3n) is 3.41. The van der Waals surface area contributed by atoms with Crippen LogP contribution in [-0.4, -0.2) is 34.2 Å². The van der Waals surface area contributed by atoms with Gasteiger partial charge in [0, 0.05) is 23.7 Å². The highest BCUT2D eigenvalue weighted by Gasteiger charge is 2.22. The van der Waals surface area contributed by atoms with Gasteiger partial charge in [-0.15, -0.1) is 0 Å². The van der Waals surface area contributed by atoms with Crippen molar-refractivity contribution in [3.05, 3.63) is 53.6 Å². The lowest BCUT2D eigenvalue weighted by molar-refractivity contribution is -0.116. The van der Waals surface area contributed by atoms with E-state index in [0.717, 1.165) is 10.6 Å². The molecule has 0 heterocycles. The second-order valence-corrected chi connectivity index (χ2v) is 7.66. The fourth-order valence-electron chi connectivity index (χ4n) is 2.27. The number of carbonyl (C=O) groups is 1. The van der Waals surface area contributed by atoms with Crippen LogP contribution in [0.25, 0.3) is 0 Å². The van der Waals surface area contributed by atoms with Gasteiger partial charge in [0.1, 0.15) is 5.75 Å². The van der Waals surface area contributed by atoms with Crippen LogP contribution in [0.1, 0.15) is 6.42 Å². The molecule has 0 unspecified atom stereocenters. The van der Waals surface area contributed by atoms with Crippen molar-refractivity contribution < 1.29 is 17.9 Å². The van der Waals surface area contributed by atoms with E-state index in [9.17, 15) is 13.2 Å². The molecule has 0 fully saturated rings. The first kappa shape index (κ1) is 19.1. The van der Waals surface area contributed by atoms with Crippen molar-refractivity contribution in [3.8, 4) is 5.75 Å². The van der Waals surface area contributed by atoms with E-state index in [1.807, 2.05) is 6.07 Å². The number of anilines is 2. The van der Waals surface area contributed by atoms with Crippen LogP contribution in [0.15, 0.2) is 48.5 Å². The molecule has 0 bridgehead atoms. The van der Waals surface area contributed by atoms with Gasteiger partial charge in [0.05, 0.1) is 19.1 Å².